The van der Waals surface area contributed by atoms with Gasteiger partial charge in [-0.15, -0.1) is 5.10 Å². The Kier molecular flexibility index (Phi) is 3.69. The van der Waals surface area contributed by atoms with Crippen LogP contribution in [0.1, 0.15) is 11.3 Å². The predicted molar refractivity (Wildman–Crippen MR) is 80.1 cm³/mol. The minimum Gasteiger partial charge on any atom is -0.360 e. The predicted octanol–water partition coefficient (Wildman–Crippen LogP) is 2.19. The van der Waals surface area contributed by atoms with E-state index in [1.807, 2.05) is 31.2 Å². The topological polar surface area (TPSA) is 85.8 Å². The summed E-state index contributed by atoms with van der Waals surface area (Å²) in [4.78, 5) is 11.9. The van der Waals surface area contributed by atoms with Crippen molar-refractivity contribution in [1.29, 1.82) is 0 Å². The molecule has 1 aromatic carbocycles. The van der Waals surface area contributed by atoms with E-state index in [-0.39, 0.29) is 12.5 Å². The number of carbonyl (C=O) groups excluding carboxylic acids is 1. The first kappa shape index (κ1) is 14.0. The standard InChI is InChI=1S/C15H15N5O2/c1-10-4-3-5-12(6-10)13-8-20(19-17-13)9-15(21)16-14-7-11(2)22-18-14/h3-8H,9H2,1-2H3,(H,16,18,21). The van der Waals surface area contributed by atoms with Crippen molar-refractivity contribution in [3.8, 4) is 11.3 Å². The van der Waals surface area contributed by atoms with E-state index in [1.54, 1.807) is 19.2 Å². The number of amides is 1. The number of nitrogens with zero attached hydrogens (tertiary/aromatic N) is 4. The molecule has 1 amide bonds. The molecule has 1 N–H and O–H groups in total. The average molecular weight is 297 g/mol. The molecule has 3 rings (SSSR count). The number of hydrogen-bond donors (Lipinski definition) is 1. The first-order valence-corrected chi connectivity index (χ1v) is 6.80. The van der Waals surface area contributed by atoms with Gasteiger partial charge in [-0.3, -0.25) is 4.79 Å². The fourth-order valence-electron chi connectivity index (χ4n) is 2.07. The molecule has 0 fully saturated rings. The van der Waals surface area contributed by atoms with Crippen LogP contribution in [0.2, 0.25) is 0 Å². The summed E-state index contributed by atoms with van der Waals surface area (Å²) in [6.07, 6.45) is 1.74. The molecule has 22 heavy (non-hydrogen) atoms. The summed E-state index contributed by atoms with van der Waals surface area (Å²) in [5.74, 6) is 0.785. The van der Waals surface area contributed by atoms with Gasteiger partial charge in [-0.1, -0.05) is 34.1 Å². The van der Waals surface area contributed by atoms with E-state index in [2.05, 4.69) is 20.8 Å². The Morgan fingerprint density at radius 2 is 2.18 bits per heavy atom. The molecule has 0 aliphatic rings. The van der Waals surface area contributed by atoms with Gasteiger partial charge in [-0.05, 0) is 19.9 Å². The monoisotopic (exact) mass is 297 g/mol. The lowest BCUT2D eigenvalue weighted by atomic mass is 10.1. The first-order valence-electron chi connectivity index (χ1n) is 6.80. The van der Waals surface area contributed by atoms with Gasteiger partial charge in [0.05, 0.1) is 6.20 Å². The van der Waals surface area contributed by atoms with Crippen molar-refractivity contribution in [1.82, 2.24) is 20.2 Å². The molecule has 0 atom stereocenters. The van der Waals surface area contributed by atoms with Crippen LogP contribution in [0, 0.1) is 13.8 Å². The minimum absolute atomic E-state index is 0.0602. The SMILES string of the molecule is Cc1cccc(-c2cn(CC(=O)Nc3cc(C)on3)nn2)c1. The number of aryl methyl sites for hydroxylation is 2. The van der Waals surface area contributed by atoms with Crippen LogP contribution in [0.25, 0.3) is 11.3 Å². The van der Waals surface area contributed by atoms with Gasteiger partial charge in [0.25, 0.3) is 0 Å². The number of carbonyl (C=O) groups is 1. The largest absolute Gasteiger partial charge is 0.360 e. The highest BCUT2D eigenvalue weighted by atomic mass is 16.5. The molecule has 0 radical (unpaired) electrons. The molecule has 7 nitrogen and oxygen atoms in total. The fraction of sp³-hybridized carbons (Fsp3) is 0.200. The molecule has 0 aliphatic carbocycles. The summed E-state index contributed by atoms with van der Waals surface area (Å²) < 4.78 is 6.38. The summed E-state index contributed by atoms with van der Waals surface area (Å²) in [5.41, 5.74) is 2.85. The lowest BCUT2D eigenvalue weighted by Crippen LogP contribution is -2.19. The summed E-state index contributed by atoms with van der Waals surface area (Å²) in [7, 11) is 0. The molecule has 0 aliphatic heterocycles. The number of aromatic nitrogens is 4. The van der Waals surface area contributed by atoms with Gasteiger partial charge in [0.2, 0.25) is 5.91 Å². The Morgan fingerprint density at radius 1 is 1.32 bits per heavy atom. The highest BCUT2D eigenvalue weighted by Crippen LogP contribution is 2.17. The van der Waals surface area contributed by atoms with Crippen LogP contribution < -0.4 is 5.32 Å². The van der Waals surface area contributed by atoms with Gasteiger partial charge >= 0.3 is 0 Å². The zero-order valence-corrected chi connectivity index (χ0v) is 12.3. The summed E-state index contributed by atoms with van der Waals surface area (Å²) in [6, 6.07) is 9.61. The van der Waals surface area contributed by atoms with Crippen molar-refractivity contribution in [2.75, 3.05) is 5.32 Å². The van der Waals surface area contributed by atoms with Crippen molar-refractivity contribution in [3.63, 3.8) is 0 Å². The van der Waals surface area contributed by atoms with E-state index in [1.165, 1.54) is 4.68 Å². The highest BCUT2D eigenvalue weighted by molar-refractivity contribution is 5.89. The molecule has 112 valence electrons. The second kappa shape index (κ2) is 5.80. The summed E-state index contributed by atoms with van der Waals surface area (Å²) in [5, 5.41) is 14.4. The number of anilines is 1. The number of hydrogen-bond acceptors (Lipinski definition) is 5. The Labute approximate surface area is 126 Å². The lowest BCUT2D eigenvalue weighted by Gasteiger charge is -2.00. The third kappa shape index (κ3) is 3.20. The first-order chi connectivity index (χ1) is 10.6. The number of nitrogens with one attached hydrogen (secondary N) is 1. The smallest absolute Gasteiger partial charge is 0.247 e. The fourth-order valence-corrected chi connectivity index (χ4v) is 2.07. The zero-order chi connectivity index (χ0) is 15.5. The van der Waals surface area contributed by atoms with E-state index in [0.29, 0.717) is 11.6 Å². The molecule has 0 unspecified atom stereocenters. The molecular formula is C15H15N5O2. The Bertz CT molecular complexity index is 806. The lowest BCUT2D eigenvalue weighted by molar-refractivity contribution is -0.117. The molecular weight excluding hydrogens is 282 g/mol. The molecule has 2 aromatic heterocycles. The molecule has 0 bridgehead atoms. The van der Waals surface area contributed by atoms with E-state index in [0.717, 1.165) is 16.8 Å². The van der Waals surface area contributed by atoms with E-state index >= 15 is 0 Å². The van der Waals surface area contributed by atoms with Crippen LogP contribution in [0.3, 0.4) is 0 Å². The summed E-state index contributed by atoms with van der Waals surface area (Å²) in [6.45, 7) is 3.83. The quantitative estimate of drug-likeness (QED) is 0.797. The third-order valence-corrected chi connectivity index (χ3v) is 3.05. The van der Waals surface area contributed by atoms with Gasteiger partial charge in [0.1, 0.15) is 18.0 Å². The van der Waals surface area contributed by atoms with Gasteiger partial charge in [0.15, 0.2) is 5.82 Å². The van der Waals surface area contributed by atoms with Crippen molar-refractivity contribution < 1.29 is 9.32 Å². The Morgan fingerprint density at radius 3 is 2.91 bits per heavy atom. The number of rotatable bonds is 4. The van der Waals surface area contributed by atoms with E-state index in [9.17, 15) is 4.79 Å². The van der Waals surface area contributed by atoms with Crippen LogP contribution in [0.4, 0.5) is 5.82 Å². The normalized spacial score (nSPS) is 10.6. The third-order valence-electron chi connectivity index (χ3n) is 3.05. The van der Waals surface area contributed by atoms with Gasteiger partial charge in [0, 0.05) is 11.6 Å². The van der Waals surface area contributed by atoms with Crippen LogP contribution in [0.5, 0.6) is 0 Å². The Hall–Kier alpha value is -2.96. The molecule has 0 saturated carbocycles. The maximum Gasteiger partial charge on any atom is 0.247 e. The Balaban J connectivity index is 1.67. The average Bonchev–Trinajstić information content (AvgIpc) is 3.08. The van der Waals surface area contributed by atoms with Crippen LogP contribution in [-0.2, 0) is 11.3 Å². The van der Waals surface area contributed by atoms with Crippen molar-refractivity contribution in [3.05, 3.63) is 47.9 Å². The van der Waals surface area contributed by atoms with Crippen molar-refractivity contribution in [2.45, 2.75) is 20.4 Å². The van der Waals surface area contributed by atoms with Crippen LogP contribution in [-0.4, -0.2) is 26.1 Å². The second-order valence-electron chi connectivity index (χ2n) is 5.04. The van der Waals surface area contributed by atoms with Gasteiger partial charge < -0.3 is 9.84 Å². The maximum absolute atomic E-state index is 11.9. The molecule has 2 heterocycles. The van der Waals surface area contributed by atoms with Crippen LogP contribution in [0.15, 0.2) is 41.1 Å². The highest BCUT2D eigenvalue weighted by Gasteiger charge is 2.09. The van der Waals surface area contributed by atoms with Gasteiger partial charge in [-0.2, -0.15) is 0 Å². The van der Waals surface area contributed by atoms with E-state index < -0.39 is 0 Å². The maximum atomic E-state index is 11.9. The molecule has 3 aromatic rings. The second-order valence-corrected chi connectivity index (χ2v) is 5.04. The number of benzene rings is 1. The molecule has 7 heteroatoms. The zero-order valence-electron chi connectivity index (χ0n) is 12.3. The minimum atomic E-state index is -0.242. The van der Waals surface area contributed by atoms with Crippen molar-refractivity contribution >= 4 is 11.7 Å². The van der Waals surface area contributed by atoms with E-state index in [4.69, 9.17) is 4.52 Å². The summed E-state index contributed by atoms with van der Waals surface area (Å²) >= 11 is 0. The van der Waals surface area contributed by atoms with Gasteiger partial charge in [-0.25, -0.2) is 4.68 Å². The molecule has 0 spiro atoms. The molecule has 0 saturated heterocycles. The van der Waals surface area contributed by atoms with Crippen LogP contribution >= 0.6 is 0 Å². The van der Waals surface area contributed by atoms with Crippen molar-refractivity contribution in [2.24, 2.45) is 0 Å².